The minimum atomic E-state index is -2.66. The maximum Gasteiger partial charge on any atom is 0.195 e. The van der Waals surface area contributed by atoms with E-state index in [-0.39, 0.29) is 15.9 Å². The number of carbonyl (C=O) groups is 2. The Labute approximate surface area is 97.1 Å². The molecule has 0 N–H and O–H groups in total. The Morgan fingerprint density at radius 3 is 1.33 bits per heavy atom. The van der Waals surface area contributed by atoms with Gasteiger partial charge >= 0.3 is 0 Å². The zero-order valence-electron chi connectivity index (χ0n) is 10.4. The lowest BCUT2D eigenvalue weighted by Gasteiger charge is -2.42. The van der Waals surface area contributed by atoms with Gasteiger partial charge in [0.05, 0.1) is 0 Å². The molecule has 0 saturated heterocycles. The van der Waals surface area contributed by atoms with Crippen molar-refractivity contribution in [2.75, 3.05) is 0 Å². The summed E-state index contributed by atoms with van der Waals surface area (Å²) in [7, 11) is 0.962. The van der Waals surface area contributed by atoms with Crippen LogP contribution in [-0.2, 0) is 9.59 Å². The second kappa shape index (κ2) is 5.21. The molecule has 0 amide bonds. The van der Waals surface area contributed by atoms with Crippen LogP contribution in [0.4, 0.5) is 0 Å². The third-order valence-electron chi connectivity index (χ3n) is 3.88. The molecule has 0 saturated carbocycles. The van der Waals surface area contributed by atoms with E-state index in [0.717, 1.165) is 19.3 Å². The Hall–Kier alpha value is -0.226. The fourth-order valence-corrected chi connectivity index (χ4v) is 7.71. The molecule has 0 rings (SSSR count). The first-order valence-electron chi connectivity index (χ1n) is 5.59. The van der Waals surface area contributed by atoms with Crippen molar-refractivity contribution in [2.24, 2.45) is 0 Å². The molecule has 0 unspecified atom stereocenters. The van der Waals surface area contributed by atoms with Crippen LogP contribution in [-0.4, -0.2) is 28.2 Å². The molecule has 0 fully saturated rings. The van der Waals surface area contributed by atoms with Gasteiger partial charge in [0, 0.05) is 9.76 Å². The fourth-order valence-electron chi connectivity index (χ4n) is 2.54. The molecule has 0 heterocycles. The van der Waals surface area contributed by atoms with Gasteiger partial charge in [0.15, 0.2) is 7.59 Å². The fraction of sp³-hybridized carbons (Fsp3) is 0.818. The highest BCUT2D eigenvalue weighted by Gasteiger charge is 2.53. The van der Waals surface area contributed by atoms with Crippen LogP contribution in [0.2, 0.25) is 5.04 Å². The van der Waals surface area contributed by atoms with E-state index < -0.39 is 7.59 Å². The molecule has 85 valence electrons. The van der Waals surface area contributed by atoms with E-state index in [1.807, 2.05) is 0 Å². The molecule has 4 heteroatoms. The molecule has 0 aromatic rings. The molecule has 2 nitrogen and oxygen atoms in total. The zero-order chi connectivity index (χ0) is 12.3. The monoisotopic (exact) mass is 241 g/mol. The van der Waals surface area contributed by atoms with Crippen molar-refractivity contribution in [3.8, 4) is 0 Å². The SMILES string of the molecule is CCC(CC)(CC)[Si]([Si])(C(C)=O)C(C)=O. The van der Waals surface area contributed by atoms with Gasteiger partial charge in [0.2, 0.25) is 0 Å². The highest BCUT2D eigenvalue weighted by molar-refractivity contribution is 7.48. The molecule has 0 atom stereocenters. The van der Waals surface area contributed by atoms with E-state index in [2.05, 4.69) is 30.5 Å². The topological polar surface area (TPSA) is 34.1 Å². The Kier molecular flexibility index (Phi) is 5.13. The maximum atomic E-state index is 11.8. The predicted molar refractivity (Wildman–Crippen MR) is 66.4 cm³/mol. The van der Waals surface area contributed by atoms with Gasteiger partial charge in [0.1, 0.15) is 10.8 Å². The molecular weight excluding hydrogens is 220 g/mol. The second-order valence-electron chi connectivity index (χ2n) is 4.20. The van der Waals surface area contributed by atoms with Crippen LogP contribution in [0.5, 0.6) is 0 Å². The largest absolute Gasteiger partial charge is 0.305 e. The highest BCUT2D eigenvalue weighted by Crippen LogP contribution is 2.46. The first-order chi connectivity index (χ1) is 6.82. The maximum absolute atomic E-state index is 11.8. The molecule has 0 aliphatic carbocycles. The van der Waals surface area contributed by atoms with Gasteiger partial charge in [0.25, 0.3) is 0 Å². The molecule has 3 radical (unpaired) electrons. The van der Waals surface area contributed by atoms with E-state index >= 15 is 0 Å². The van der Waals surface area contributed by atoms with Gasteiger partial charge in [-0.05, 0) is 18.9 Å². The lowest BCUT2D eigenvalue weighted by Crippen LogP contribution is -2.60. The third-order valence-corrected chi connectivity index (χ3v) is 12.3. The van der Waals surface area contributed by atoms with Gasteiger partial charge in [-0.1, -0.05) is 40.0 Å². The van der Waals surface area contributed by atoms with Crippen LogP contribution in [0.15, 0.2) is 0 Å². The van der Waals surface area contributed by atoms with Gasteiger partial charge in [-0.15, -0.1) is 0 Å². The Morgan fingerprint density at radius 2 is 1.27 bits per heavy atom. The molecular formula is C11H21O2Si2. The van der Waals surface area contributed by atoms with Gasteiger partial charge < -0.3 is 9.59 Å². The number of hydrogen-bond acceptors (Lipinski definition) is 2. The summed E-state index contributed by atoms with van der Waals surface area (Å²) in [4.78, 5) is 23.6. The summed E-state index contributed by atoms with van der Waals surface area (Å²) >= 11 is 0. The molecule has 15 heavy (non-hydrogen) atoms. The van der Waals surface area contributed by atoms with Crippen LogP contribution in [0.1, 0.15) is 53.9 Å². The van der Waals surface area contributed by atoms with E-state index in [0.29, 0.717) is 0 Å². The number of rotatable bonds is 6. The highest BCUT2D eigenvalue weighted by atomic mass is 29.2. The Morgan fingerprint density at radius 1 is 1.00 bits per heavy atom. The van der Waals surface area contributed by atoms with Crippen LogP contribution < -0.4 is 0 Å². The molecule has 0 aromatic heterocycles. The Bertz CT molecular complexity index is 235. The van der Waals surface area contributed by atoms with Crippen molar-refractivity contribution >= 4 is 28.2 Å². The van der Waals surface area contributed by atoms with E-state index in [1.165, 1.54) is 0 Å². The molecule has 0 spiro atoms. The van der Waals surface area contributed by atoms with Crippen LogP contribution >= 0.6 is 0 Å². The summed E-state index contributed by atoms with van der Waals surface area (Å²) in [6, 6.07) is 0. The summed E-state index contributed by atoms with van der Waals surface area (Å²) in [6.45, 7) is 9.31. The summed E-state index contributed by atoms with van der Waals surface area (Å²) in [5.74, 6) is 0. The van der Waals surface area contributed by atoms with Crippen LogP contribution in [0, 0.1) is 0 Å². The average Bonchev–Trinajstić information content (AvgIpc) is 2.20. The van der Waals surface area contributed by atoms with Crippen molar-refractivity contribution in [2.45, 2.75) is 58.9 Å². The standard InChI is InChI=1S/C11H21O2Si2/c1-6-11(7-2,8-3)15(14,9(4)12)10(5)13/h6-8H2,1-5H3. The van der Waals surface area contributed by atoms with Gasteiger partial charge in [-0.3, -0.25) is 0 Å². The smallest absolute Gasteiger partial charge is 0.195 e. The van der Waals surface area contributed by atoms with E-state index in [4.69, 9.17) is 0 Å². The first kappa shape index (κ1) is 14.8. The molecule has 0 aliphatic rings. The van der Waals surface area contributed by atoms with E-state index in [9.17, 15) is 9.59 Å². The molecule has 0 aromatic carbocycles. The van der Waals surface area contributed by atoms with Crippen LogP contribution in [0.25, 0.3) is 0 Å². The second-order valence-corrected chi connectivity index (χ2v) is 10.4. The number of carbonyl (C=O) groups excluding carboxylic acids is 2. The van der Waals surface area contributed by atoms with Crippen molar-refractivity contribution in [3.05, 3.63) is 0 Å². The number of hydrogen-bond donors (Lipinski definition) is 0. The normalized spacial score (nSPS) is 12.7. The summed E-state index contributed by atoms with van der Waals surface area (Å²) < 4.78 is 0. The lowest BCUT2D eigenvalue weighted by atomic mass is 9.99. The van der Waals surface area contributed by atoms with Crippen molar-refractivity contribution in [1.29, 1.82) is 0 Å². The quantitative estimate of drug-likeness (QED) is 0.669. The third kappa shape index (κ3) is 2.15. The van der Waals surface area contributed by atoms with Crippen molar-refractivity contribution in [1.82, 2.24) is 0 Å². The first-order valence-corrected chi connectivity index (χ1v) is 9.09. The summed E-state index contributed by atoms with van der Waals surface area (Å²) in [5.41, 5.74) is 0. The minimum absolute atomic E-state index is 0.0530. The predicted octanol–water partition coefficient (Wildman–Crippen LogP) is 2.33. The van der Waals surface area contributed by atoms with Crippen molar-refractivity contribution in [3.63, 3.8) is 0 Å². The van der Waals surface area contributed by atoms with Gasteiger partial charge in [-0.25, -0.2) is 0 Å². The van der Waals surface area contributed by atoms with Gasteiger partial charge in [-0.2, -0.15) is 0 Å². The Balaban J connectivity index is 5.58. The summed E-state index contributed by atoms with van der Waals surface area (Å²) in [5, 5.41) is -0.0175. The minimum Gasteiger partial charge on any atom is -0.305 e. The molecule has 0 bridgehead atoms. The zero-order valence-corrected chi connectivity index (χ0v) is 12.4. The molecule has 0 aliphatic heterocycles. The average molecular weight is 241 g/mol. The summed E-state index contributed by atoms with van der Waals surface area (Å²) in [6.07, 6.45) is 2.65. The lowest BCUT2D eigenvalue weighted by molar-refractivity contribution is -0.114. The van der Waals surface area contributed by atoms with Crippen molar-refractivity contribution < 1.29 is 9.59 Å². The van der Waals surface area contributed by atoms with Crippen LogP contribution in [0.3, 0.4) is 0 Å². The van der Waals surface area contributed by atoms with E-state index in [1.54, 1.807) is 13.8 Å².